The zero-order valence-electron chi connectivity index (χ0n) is 6.80. The van der Waals surface area contributed by atoms with Crippen LogP contribution in [0.1, 0.15) is 26.7 Å². The summed E-state index contributed by atoms with van der Waals surface area (Å²) in [7, 11) is 0. The molecule has 10 heavy (non-hydrogen) atoms. The molecular weight excluding hydrogens is 140 g/mol. The van der Waals surface area contributed by atoms with E-state index >= 15 is 0 Å². The fourth-order valence-electron chi connectivity index (χ4n) is 1.83. The van der Waals surface area contributed by atoms with Crippen LogP contribution in [0.5, 0.6) is 0 Å². The predicted molar refractivity (Wildman–Crippen MR) is 49.5 cm³/mol. The molecule has 1 aliphatic rings. The maximum absolute atomic E-state index is 4.32. The van der Waals surface area contributed by atoms with Gasteiger partial charge in [0.05, 0.1) is 0 Å². The molecule has 0 saturated heterocycles. The van der Waals surface area contributed by atoms with Gasteiger partial charge in [-0.1, -0.05) is 18.6 Å². The van der Waals surface area contributed by atoms with E-state index in [4.69, 9.17) is 0 Å². The topological polar surface area (TPSA) is 0 Å². The van der Waals surface area contributed by atoms with Crippen LogP contribution in [-0.2, 0) is 0 Å². The lowest BCUT2D eigenvalue weighted by molar-refractivity contribution is 0.442. The summed E-state index contributed by atoms with van der Waals surface area (Å²) in [5.41, 5.74) is 1.55. The lowest BCUT2D eigenvalue weighted by atomic mass is 9.85. The maximum Gasteiger partial charge on any atom is -0.00662 e. The first-order valence-electron chi connectivity index (χ1n) is 4.00. The van der Waals surface area contributed by atoms with E-state index in [0.717, 1.165) is 17.6 Å². The van der Waals surface area contributed by atoms with Crippen molar-refractivity contribution in [1.82, 2.24) is 0 Å². The van der Waals surface area contributed by atoms with Crippen molar-refractivity contribution < 1.29 is 0 Å². The van der Waals surface area contributed by atoms with Gasteiger partial charge in [-0.25, -0.2) is 0 Å². The maximum atomic E-state index is 4.32. The van der Waals surface area contributed by atoms with E-state index in [1.807, 2.05) is 0 Å². The van der Waals surface area contributed by atoms with Crippen LogP contribution in [0.3, 0.4) is 0 Å². The van der Waals surface area contributed by atoms with Gasteiger partial charge in [0.25, 0.3) is 0 Å². The Hall–Kier alpha value is 0.0900. The molecule has 0 saturated carbocycles. The smallest absolute Gasteiger partial charge is 0.00662 e. The first-order chi connectivity index (χ1) is 4.72. The molecule has 0 fully saturated rings. The van der Waals surface area contributed by atoms with Gasteiger partial charge in [-0.3, -0.25) is 0 Å². The summed E-state index contributed by atoms with van der Waals surface area (Å²) in [6.07, 6.45) is 4.99. The first-order valence-corrected chi connectivity index (χ1v) is 4.63. The third-order valence-corrected chi connectivity index (χ3v) is 2.66. The Morgan fingerprint density at radius 2 is 2.40 bits per heavy atom. The highest BCUT2D eigenvalue weighted by molar-refractivity contribution is 7.80. The van der Waals surface area contributed by atoms with Crippen LogP contribution >= 0.6 is 12.6 Å². The first kappa shape index (κ1) is 8.19. The summed E-state index contributed by atoms with van der Waals surface area (Å²) in [5, 5.41) is 0. The van der Waals surface area contributed by atoms with Crippen molar-refractivity contribution in [3.63, 3.8) is 0 Å². The van der Waals surface area contributed by atoms with E-state index in [-0.39, 0.29) is 0 Å². The van der Waals surface area contributed by atoms with E-state index in [0.29, 0.717) is 0 Å². The van der Waals surface area contributed by atoms with Crippen molar-refractivity contribution in [1.29, 1.82) is 0 Å². The number of rotatable bonds is 1. The molecule has 2 atom stereocenters. The molecule has 1 rings (SSSR count). The molecule has 0 aromatic carbocycles. The molecule has 0 nitrogen and oxygen atoms in total. The lowest BCUT2D eigenvalue weighted by Crippen LogP contribution is -2.12. The molecular formula is C9H16S. The summed E-state index contributed by atoms with van der Waals surface area (Å²) in [6.45, 7) is 4.52. The summed E-state index contributed by atoms with van der Waals surface area (Å²) in [5.74, 6) is 2.67. The minimum absolute atomic E-state index is 0.783. The van der Waals surface area contributed by atoms with Gasteiger partial charge in [-0.05, 0) is 37.4 Å². The van der Waals surface area contributed by atoms with Gasteiger partial charge < -0.3 is 0 Å². The van der Waals surface area contributed by atoms with Crippen LogP contribution in [-0.4, -0.2) is 5.75 Å². The molecule has 2 unspecified atom stereocenters. The molecule has 0 spiro atoms. The van der Waals surface area contributed by atoms with Gasteiger partial charge in [0.2, 0.25) is 0 Å². The van der Waals surface area contributed by atoms with E-state index in [1.54, 1.807) is 5.57 Å². The van der Waals surface area contributed by atoms with Gasteiger partial charge in [0.1, 0.15) is 0 Å². The summed E-state index contributed by atoms with van der Waals surface area (Å²) < 4.78 is 0. The Bertz CT molecular complexity index is 138. The van der Waals surface area contributed by atoms with E-state index in [9.17, 15) is 0 Å². The Balaban J connectivity index is 2.52. The summed E-state index contributed by atoms with van der Waals surface area (Å²) >= 11 is 4.32. The summed E-state index contributed by atoms with van der Waals surface area (Å²) in [6, 6.07) is 0. The van der Waals surface area contributed by atoms with Gasteiger partial charge in [-0.2, -0.15) is 12.6 Å². The largest absolute Gasteiger partial charge is 0.179 e. The number of allylic oxidation sites excluding steroid dienone is 2. The molecule has 0 bridgehead atoms. The average Bonchev–Trinajstić information content (AvgIpc) is 1.85. The fourth-order valence-corrected chi connectivity index (χ4v) is 2.10. The van der Waals surface area contributed by atoms with Gasteiger partial charge in [-0.15, -0.1) is 0 Å². The van der Waals surface area contributed by atoms with Crippen molar-refractivity contribution in [3.8, 4) is 0 Å². The zero-order chi connectivity index (χ0) is 7.56. The normalized spacial score (nSPS) is 33.7. The van der Waals surface area contributed by atoms with Crippen molar-refractivity contribution >= 4 is 12.6 Å². The number of thiol groups is 1. The van der Waals surface area contributed by atoms with Crippen LogP contribution in [0.25, 0.3) is 0 Å². The van der Waals surface area contributed by atoms with E-state index in [2.05, 4.69) is 32.6 Å². The third-order valence-electron chi connectivity index (χ3n) is 2.14. The van der Waals surface area contributed by atoms with E-state index < -0.39 is 0 Å². The fraction of sp³-hybridized carbons (Fsp3) is 0.778. The highest BCUT2D eigenvalue weighted by Gasteiger charge is 2.15. The molecule has 0 amide bonds. The Morgan fingerprint density at radius 3 is 2.90 bits per heavy atom. The highest BCUT2D eigenvalue weighted by Crippen LogP contribution is 2.28. The SMILES string of the molecule is CC1=CC(C)CC(CS)C1. The van der Waals surface area contributed by atoms with Crippen LogP contribution in [0, 0.1) is 11.8 Å². The second-order valence-electron chi connectivity index (χ2n) is 3.48. The molecule has 0 radical (unpaired) electrons. The quantitative estimate of drug-likeness (QED) is 0.438. The summed E-state index contributed by atoms with van der Waals surface area (Å²) in [4.78, 5) is 0. The van der Waals surface area contributed by atoms with Gasteiger partial charge in [0, 0.05) is 0 Å². The van der Waals surface area contributed by atoms with Crippen LogP contribution in [0.2, 0.25) is 0 Å². The molecule has 1 aliphatic carbocycles. The molecule has 0 N–H and O–H groups in total. The van der Waals surface area contributed by atoms with Crippen LogP contribution in [0.4, 0.5) is 0 Å². The molecule has 1 heteroatoms. The molecule has 0 aromatic heterocycles. The predicted octanol–water partition coefficient (Wildman–Crippen LogP) is 2.91. The number of hydrogen-bond acceptors (Lipinski definition) is 1. The van der Waals surface area contributed by atoms with Crippen molar-refractivity contribution in [3.05, 3.63) is 11.6 Å². The number of hydrogen-bond donors (Lipinski definition) is 1. The second kappa shape index (κ2) is 3.47. The molecule has 58 valence electrons. The molecule has 0 aliphatic heterocycles. The molecule has 0 heterocycles. The Morgan fingerprint density at radius 1 is 1.70 bits per heavy atom. The minimum atomic E-state index is 0.783. The standard InChI is InChI=1S/C9H16S/c1-7-3-8(2)5-9(4-7)6-10/h3,7,9-10H,4-6H2,1-2H3. The van der Waals surface area contributed by atoms with Crippen LogP contribution < -0.4 is 0 Å². The van der Waals surface area contributed by atoms with Gasteiger partial charge >= 0.3 is 0 Å². The van der Waals surface area contributed by atoms with Gasteiger partial charge in [0.15, 0.2) is 0 Å². The Kier molecular flexibility index (Phi) is 2.84. The monoisotopic (exact) mass is 156 g/mol. The van der Waals surface area contributed by atoms with Crippen molar-refractivity contribution in [2.24, 2.45) is 11.8 Å². The highest BCUT2D eigenvalue weighted by atomic mass is 32.1. The van der Waals surface area contributed by atoms with E-state index in [1.165, 1.54) is 12.8 Å². The van der Waals surface area contributed by atoms with Crippen molar-refractivity contribution in [2.75, 3.05) is 5.75 Å². The second-order valence-corrected chi connectivity index (χ2v) is 3.84. The third kappa shape index (κ3) is 2.05. The Labute approximate surface area is 69.1 Å². The average molecular weight is 156 g/mol. The minimum Gasteiger partial charge on any atom is -0.179 e. The lowest BCUT2D eigenvalue weighted by Gasteiger charge is -2.23. The zero-order valence-corrected chi connectivity index (χ0v) is 7.70. The van der Waals surface area contributed by atoms with Crippen molar-refractivity contribution in [2.45, 2.75) is 26.7 Å². The van der Waals surface area contributed by atoms with Crippen LogP contribution in [0.15, 0.2) is 11.6 Å². The molecule has 0 aromatic rings.